The number of likely N-dealkylation sites (N-methyl/N-ethyl adjacent to an activating group) is 1. The number of allylic oxidation sites excluding steroid dienone is 4. The van der Waals surface area contributed by atoms with Gasteiger partial charge in [0.25, 0.3) is 0 Å². The van der Waals surface area contributed by atoms with Crippen LogP contribution < -0.4 is 5.43 Å². The number of nitrogens with one attached hydrogen (secondary N) is 1. The van der Waals surface area contributed by atoms with Gasteiger partial charge in [-0.3, -0.25) is 9.59 Å². The average molecular weight is 1000 g/mol. The highest BCUT2D eigenvalue weighted by Gasteiger charge is 2.49. The van der Waals surface area contributed by atoms with Crippen LogP contribution in [0.3, 0.4) is 0 Å². The number of cyclic esters (lactones) is 1. The van der Waals surface area contributed by atoms with Crippen LogP contribution in [-0.2, 0) is 61.8 Å². The number of esters is 2. The van der Waals surface area contributed by atoms with Gasteiger partial charge in [-0.1, -0.05) is 44.6 Å². The Balaban J connectivity index is 2.28. The van der Waals surface area contributed by atoms with Crippen LogP contribution in [-0.4, -0.2) is 189 Å². The van der Waals surface area contributed by atoms with Gasteiger partial charge in [0.05, 0.1) is 63.3 Å². The summed E-state index contributed by atoms with van der Waals surface area (Å²) >= 11 is 0. The van der Waals surface area contributed by atoms with Crippen LogP contribution in [0.4, 0.5) is 9.59 Å². The van der Waals surface area contributed by atoms with E-state index in [1.165, 1.54) is 26.4 Å². The minimum absolute atomic E-state index is 0.0790. The molecule has 0 spiro atoms. The van der Waals surface area contributed by atoms with Crippen LogP contribution in [0.5, 0.6) is 0 Å². The molecule has 3 heterocycles. The topological polar surface area (TPSA) is 257 Å². The van der Waals surface area contributed by atoms with Crippen LogP contribution in [0.25, 0.3) is 0 Å². The Labute approximate surface area is 413 Å². The number of rotatable bonds is 17. The molecule has 3 rings (SSSR count). The van der Waals surface area contributed by atoms with Crippen molar-refractivity contribution in [3.05, 3.63) is 36.0 Å². The normalized spacial score (nSPS) is 36.2. The molecule has 3 aliphatic heterocycles. The summed E-state index contributed by atoms with van der Waals surface area (Å²) in [5.41, 5.74) is 3.53. The quantitative estimate of drug-likeness (QED) is 0.0702. The summed E-state index contributed by atoms with van der Waals surface area (Å²) in [5, 5.41) is 34.2. The van der Waals surface area contributed by atoms with E-state index < -0.39 is 134 Å². The van der Waals surface area contributed by atoms with E-state index in [1.807, 2.05) is 13.0 Å². The molecule has 21 heteroatoms. The van der Waals surface area contributed by atoms with Crippen LogP contribution >= 0.6 is 0 Å². The molecular formula is C49H81N3O18. The number of ketones is 1. The molecule has 21 nitrogen and oxygen atoms in total. The zero-order chi connectivity index (χ0) is 52.4. The number of carbonyl (C=O) groups excluding carboxylic acids is 5. The first-order chi connectivity index (χ1) is 33.2. The first-order valence-electron chi connectivity index (χ1n) is 24.3. The molecule has 70 heavy (non-hydrogen) atoms. The highest BCUT2D eigenvalue weighted by Crippen LogP contribution is 2.36. The smallest absolute Gasteiger partial charge is 0.434 e. The van der Waals surface area contributed by atoms with Crippen LogP contribution in [0, 0.1) is 23.7 Å². The third kappa shape index (κ3) is 16.9. The van der Waals surface area contributed by atoms with Gasteiger partial charge in [-0.15, -0.1) is 5.01 Å². The lowest BCUT2D eigenvalue weighted by atomic mass is 9.78. The number of aliphatic hydroxyl groups excluding tert-OH is 3. The Hall–Kier alpha value is -3.87. The van der Waals surface area contributed by atoms with Crippen molar-refractivity contribution in [1.29, 1.82) is 0 Å². The van der Waals surface area contributed by atoms with Crippen LogP contribution in [0.1, 0.15) is 88.0 Å². The summed E-state index contributed by atoms with van der Waals surface area (Å²) < 4.78 is 58.5. The summed E-state index contributed by atoms with van der Waals surface area (Å²) in [6.07, 6.45) is -5.52. The first kappa shape index (κ1) is 60.4. The van der Waals surface area contributed by atoms with E-state index in [0.29, 0.717) is 10.6 Å². The first-order valence-corrected chi connectivity index (χ1v) is 24.3. The number of nitrogens with zero attached hydrogens (tertiary/aromatic N) is 2. The molecule has 2 amide bonds. The van der Waals surface area contributed by atoms with Gasteiger partial charge in [-0.05, 0) is 86.9 Å². The predicted octanol–water partition coefficient (Wildman–Crippen LogP) is 3.61. The second-order valence-electron chi connectivity index (χ2n) is 18.2. The molecule has 0 saturated carbocycles. The van der Waals surface area contributed by atoms with E-state index in [9.17, 15) is 39.3 Å². The zero-order valence-corrected chi connectivity index (χ0v) is 43.2. The van der Waals surface area contributed by atoms with E-state index in [4.69, 9.17) is 47.4 Å². The zero-order valence-electron chi connectivity index (χ0n) is 43.2. The van der Waals surface area contributed by atoms with Crippen molar-refractivity contribution in [2.45, 2.75) is 168 Å². The third-order valence-corrected chi connectivity index (χ3v) is 12.9. The maximum absolute atomic E-state index is 14.6. The number of aliphatic hydroxyl groups is 3. The maximum atomic E-state index is 14.6. The lowest BCUT2D eigenvalue weighted by molar-refractivity contribution is -0.304. The Morgan fingerprint density at radius 1 is 0.814 bits per heavy atom. The lowest BCUT2D eigenvalue weighted by Gasteiger charge is -2.47. The van der Waals surface area contributed by atoms with Crippen LogP contribution in [0.15, 0.2) is 36.0 Å². The second-order valence-corrected chi connectivity index (χ2v) is 18.2. The van der Waals surface area contributed by atoms with E-state index in [0.717, 1.165) is 0 Å². The second kappa shape index (κ2) is 29.6. The molecule has 2 saturated heterocycles. The van der Waals surface area contributed by atoms with Gasteiger partial charge in [-0.2, -0.15) is 0 Å². The van der Waals surface area contributed by atoms with Gasteiger partial charge in [0.2, 0.25) is 0 Å². The molecule has 0 aromatic heterocycles. The molecule has 3 aliphatic rings. The highest BCUT2D eigenvalue weighted by molar-refractivity contribution is 5.91. The predicted molar refractivity (Wildman–Crippen MR) is 252 cm³/mol. The molecule has 0 aromatic rings. The molecule has 0 radical (unpaired) electrons. The van der Waals surface area contributed by atoms with Gasteiger partial charge in [0.1, 0.15) is 30.5 Å². The fourth-order valence-corrected chi connectivity index (χ4v) is 9.07. The van der Waals surface area contributed by atoms with Crippen LogP contribution in [0.2, 0.25) is 0 Å². The van der Waals surface area contributed by atoms with Gasteiger partial charge < -0.3 is 67.6 Å². The summed E-state index contributed by atoms with van der Waals surface area (Å²) in [4.78, 5) is 69.9. The summed E-state index contributed by atoms with van der Waals surface area (Å²) in [6.45, 7) is 14.9. The van der Waals surface area contributed by atoms with E-state index in [1.54, 1.807) is 86.5 Å². The Bertz CT molecular complexity index is 1740. The van der Waals surface area contributed by atoms with Gasteiger partial charge in [0.15, 0.2) is 18.4 Å². The minimum Gasteiger partial charge on any atom is -0.463 e. The number of amides is 2. The fraction of sp³-hybridized carbons (Fsp3) is 0.776. The standard InChI is InChI=1S/C49H81N3O18/c1-14-36-33(26-66-47-45(62-13)44(61-12)41(57)31(9)68-47)23-27(5)21-22-35(53)28(6)24-32(19-18-20-37(54)63-15-2)43(70-46-42(58)39(51(10)11)40(56)30(8)67-46)29(7)34(25-38(55)69-36)50-52(48(59)64-16-3)49(60)65-17-4/h18,20-23,28-34,36,39-47,50,56-58H,14-17,19,24-26H2,1-13H3/b20-18+,22-21+,27-23+/t28-,29+,30?,31?,32+,33-,34-,36-,39?,40?,41?,42?,43-,44?,45?,46?,47?/m1/s1. The number of ether oxygens (including phenoxy) is 10. The number of carbonyl (C=O) groups is 5. The summed E-state index contributed by atoms with van der Waals surface area (Å²) in [7, 11) is 6.27. The van der Waals surface area contributed by atoms with Crippen molar-refractivity contribution >= 4 is 29.9 Å². The van der Waals surface area contributed by atoms with E-state index in [2.05, 4.69) is 5.43 Å². The Kier molecular flexibility index (Phi) is 25.6. The largest absolute Gasteiger partial charge is 0.463 e. The molecule has 0 aliphatic carbocycles. The van der Waals surface area contributed by atoms with E-state index >= 15 is 0 Å². The number of hydrogen-bond acceptors (Lipinski definition) is 20. The van der Waals surface area contributed by atoms with Crippen molar-refractivity contribution < 1.29 is 86.7 Å². The van der Waals surface area contributed by atoms with Crippen molar-refractivity contribution in [2.75, 3.05) is 54.7 Å². The van der Waals surface area contributed by atoms with Gasteiger partial charge >= 0.3 is 24.1 Å². The van der Waals surface area contributed by atoms with E-state index in [-0.39, 0.29) is 51.5 Å². The Morgan fingerprint density at radius 2 is 1.41 bits per heavy atom. The van der Waals surface area contributed by atoms with Gasteiger partial charge in [0, 0.05) is 44.1 Å². The number of methoxy groups -OCH3 is 2. The molecule has 0 aromatic carbocycles. The highest BCUT2D eigenvalue weighted by atomic mass is 16.7. The molecular weight excluding hydrogens is 919 g/mol. The van der Waals surface area contributed by atoms with Crippen molar-refractivity contribution in [3.8, 4) is 0 Å². The molecule has 0 bridgehead atoms. The third-order valence-electron chi connectivity index (χ3n) is 12.9. The molecule has 400 valence electrons. The number of hydrazine groups is 1. The monoisotopic (exact) mass is 1000 g/mol. The van der Waals surface area contributed by atoms with Crippen molar-refractivity contribution in [1.82, 2.24) is 15.3 Å². The fourth-order valence-electron chi connectivity index (χ4n) is 9.07. The summed E-state index contributed by atoms with van der Waals surface area (Å²) in [5.74, 6) is -4.59. The SMILES string of the molecule is CCOC(=O)/C=C/C[C@H]1C[C@@H](C)C(=O)/C=C/C(C)=C/[C@H](COC2OC(C)C(O)C(OC)C2OC)[C@@H](CC)OC(=O)C[C@@H](NN(C(=O)OCC)C(=O)OCC)[C@H](C)[C@H]1OC1OC(C)C(O)C(N(C)C)C1O. The van der Waals surface area contributed by atoms with Crippen molar-refractivity contribution in [3.63, 3.8) is 0 Å². The lowest BCUT2D eigenvalue weighted by Crippen LogP contribution is -2.63. The molecule has 2 fully saturated rings. The molecule has 17 atom stereocenters. The Morgan fingerprint density at radius 3 is 1.99 bits per heavy atom. The average Bonchev–Trinajstić information content (AvgIpc) is 3.30. The number of hydrogen-bond donors (Lipinski definition) is 4. The van der Waals surface area contributed by atoms with Gasteiger partial charge in [-0.25, -0.2) is 19.8 Å². The molecule has 10 unspecified atom stereocenters. The minimum atomic E-state index is -1.43. The summed E-state index contributed by atoms with van der Waals surface area (Å²) in [6, 6.07) is -2.08. The van der Waals surface area contributed by atoms with Crippen molar-refractivity contribution in [2.24, 2.45) is 23.7 Å². The molecule has 4 N–H and O–H groups in total. The number of imide groups is 1. The maximum Gasteiger partial charge on any atom is 0.434 e.